The van der Waals surface area contributed by atoms with Crippen molar-refractivity contribution < 1.29 is 27.5 Å². The Morgan fingerprint density at radius 3 is 1.96 bits per heavy atom. The van der Waals surface area contributed by atoms with Gasteiger partial charge in [0.1, 0.15) is 13.2 Å². The Labute approximate surface area is 138 Å². The first-order valence-corrected chi connectivity index (χ1v) is 8.45. The number of halogens is 3. The van der Waals surface area contributed by atoms with Gasteiger partial charge in [-0.1, -0.05) is 0 Å². The number of amides is 2. The van der Waals surface area contributed by atoms with E-state index in [-0.39, 0.29) is 11.3 Å². The highest BCUT2D eigenvalue weighted by Gasteiger charge is 2.51. The molecule has 4 aliphatic carbocycles. The fourth-order valence-corrected chi connectivity index (χ4v) is 5.33. The molecule has 4 fully saturated rings. The smallest absolute Gasteiger partial charge is 0.362 e. The van der Waals surface area contributed by atoms with Gasteiger partial charge in [0.05, 0.1) is 0 Å². The topological polar surface area (TPSA) is 67.4 Å². The largest absolute Gasteiger partial charge is 0.411 e. The van der Waals surface area contributed by atoms with Gasteiger partial charge in [0.15, 0.2) is 0 Å². The van der Waals surface area contributed by atoms with E-state index in [1.807, 2.05) is 0 Å². The van der Waals surface area contributed by atoms with Crippen LogP contribution in [-0.2, 0) is 14.3 Å². The predicted molar refractivity (Wildman–Crippen MR) is 78.4 cm³/mol. The molecule has 2 amide bonds. The molecule has 0 atom stereocenters. The first-order valence-electron chi connectivity index (χ1n) is 8.45. The summed E-state index contributed by atoms with van der Waals surface area (Å²) in [6.45, 7) is -2.22. The molecule has 4 saturated carbocycles. The molecule has 8 heteroatoms. The lowest BCUT2D eigenvalue weighted by molar-refractivity contribution is -0.176. The summed E-state index contributed by atoms with van der Waals surface area (Å²) in [5, 5.41) is 0. The van der Waals surface area contributed by atoms with E-state index in [9.17, 15) is 22.8 Å². The second kappa shape index (κ2) is 6.54. The minimum absolute atomic E-state index is 0.0519. The molecular formula is C16H23F3N2O3. The van der Waals surface area contributed by atoms with Crippen molar-refractivity contribution >= 4 is 11.8 Å². The zero-order valence-corrected chi connectivity index (χ0v) is 13.5. The molecular weight excluding hydrogens is 325 g/mol. The van der Waals surface area contributed by atoms with Gasteiger partial charge in [0.2, 0.25) is 5.91 Å². The first-order chi connectivity index (χ1) is 11.2. The molecule has 2 N–H and O–H groups in total. The number of hydrogen-bond acceptors (Lipinski definition) is 3. The summed E-state index contributed by atoms with van der Waals surface area (Å²) in [5.41, 5.74) is 4.48. The quantitative estimate of drug-likeness (QED) is 0.750. The Bertz CT molecular complexity index is 472. The first kappa shape index (κ1) is 17.5. The molecule has 0 aromatic rings. The minimum atomic E-state index is -4.47. The van der Waals surface area contributed by atoms with Crippen LogP contribution in [0.15, 0.2) is 0 Å². The number of hydrogen-bond donors (Lipinski definition) is 2. The Morgan fingerprint density at radius 1 is 0.958 bits per heavy atom. The van der Waals surface area contributed by atoms with Gasteiger partial charge in [-0.05, 0) is 61.7 Å². The van der Waals surface area contributed by atoms with Crippen molar-refractivity contribution in [3.8, 4) is 0 Å². The van der Waals surface area contributed by atoms with Crippen LogP contribution in [-0.4, -0.2) is 31.2 Å². The number of carbonyl (C=O) groups excluding carboxylic acids is 2. The van der Waals surface area contributed by atoms with Gasteiger partial charge in [-0.3, -0.25) is 20.4 Å². The third-order valence-corrected chi connectivity index (χ3v) is 5.54. The number of rotatable bonds is 5. The van der Waals surface area contributed by atoms with E-state index >= 15 is 0 Å². The lowest BCUT2D eigenvalue weighted by Gasteiger charge is -2.56. The standard InChI is InChI=1S/C16H23F3N2O3/c17-16(18,19)9-24-8-14(23)21-20-13(22)7-15-4-10-1-11(5-15)3-12(2-10)6-15/h10-12H,1-9H2,(H,20,22)(H,21,23). The SMILES string of the molecule is O=C(COCC(F)(F)F)NNC(=O)CC12CC3CC(CC(C3)C1)C2. The summed E-state index contributed by atoms with van der Waals surface area (Å²) in [7, 11) is 0. The Hall–Kier alpha value is -1.31. The predicted octanol–water partition coefficient (Wildman–Crippen LogP) is 2.32. The second-order valence-corrected chi connectivity index (χ2v) is 7.80. The van der Waals surface area contributed by atoms with Crippen LogP contribution in [0.5, 0.6) is 0 Å². The van der Waals surface area contributed by atoms with E-state index in [4.69, 9.17) is 0 Å². The van der Waals surface area contributed by atoms with Gasteiger partial charge in [-0.2, -0.15) is 13.2 Å². The third-order valence-electron chi connectivity index (χ3n) is 5.54. The van der Waals surface area contributed by atoms with Crippen molar-refractivity contribution in [3.05, 3.63) is 0 Å². The summed E-state index contributed by atoms with van der Waals surface area (Å²) in [5.74, 6) is 1.12. The van der Waals surface area contributed by atoms with E-state index in [1.54, 1.807) is 0 Å². The summed E-state index contributed by atoms with van der Waals surface area (Å²) in [6, 6.07) is 0. The summed E-state index contributed by atoms with van der Waals surface area (Å²) >= 11 is 0. The van der Waals surface area contributed by atoms with Crippen molar-refractivity contribution in [2.75, 3.05) is 13.2 Å². The van der Waals surface area contributed by atoms with Crippen LogP contribution in [0.1, 0.15) is 44.9 Å². The molecule has 0 spiro atoms. The maximum Gasteiger partial charge on any atom is 0.411 e. The number of alkyl halides is 3. The van der Waals surface area contributed by atoms with E-state index in [2.05, 4.69) is 15.6 Å². The Balaban J connectivity index is 1.39. The van der Waals surface area contributed by atoms with Gasteiger partial charge >= 0.3 is 6.18 Å². The molecule has 136 valence electrons. The van der Waals surface area contributed by atoms with Crippen molar-refractivity contribution in [1.82, 2.24) is 10.9 Å². The zero-order chi connectivity index (χ0) is 17.4. The highest BCUT2D eigenvalue weighted by atomic mass is 19.4. The second-order valence-electron chi connectivity index (χ2n) is 7.80. The monoisotopic (exact) mass is 348 g/mol. The van der Waals surface area contributed by atoms with Gasteiger partial charge < -0.3 is 4.74 Å². The van der Waals surface area contributed by atoms with E-state index in [0.717, 1.165) is 37.0 Å². The van der Waals surface area contributed by atoms with Gasteiger partial charge in [-0.25, -0.2) is 0 Å². The van der Waals surface area contributed by atoms with E-state index < -0.39 is 25.3 Å². The van der Waals surface area contributed by atoms with Crippen LogP contribution in [0.25, 0.3) is 0 Å². The number of hydrazine groups is 1. The van der Waals surface area contributed by atoms with Crippen molar-refractivity contribution in [2.24, 2.45) is 23.2 Å². The molecule has 0 aromatic heterocycles. The summed E-state index contributed by atoms with van der Waals surface area (Å²) in [6.07, 6.45) is 3.00. The maximum absolute atomic E-state index is 12.1. The Kier molecular flexibility index (Phi) is 4.77. The van der Waals surface area contributed by atoms with Gasteiger partial charge in [0, 0.05) is 6.42 Å². The fraction of sp³-hybridized carbons (Fsp3) is 0.875. The molecule has 0 radical (unpaired) electrons. The van der Waals surface area contributed by atoms with Crippen molar-refractivity contribution in [2.45, 2.75) is 51.1 Å². The molecule has 24 heavy (non-hydrogen) atoms. The van der Waals surface area contributed by atoms with Crippen molar-refractivity contribution in [3.63, 3.8) is 0 Å². The average molecular weight is 348 g/mol. The molecule has 4 bridgehead atoms. The molecule has 0 aromatic carbocycles. The molecule has 4 aliphatic rings. The zero-order valence-electron chi connectivity index (χ0n) is 13.5. The Morgan fingerprint density at radius 2 is 1.46 bits per heavy atom. The average Bonchev–Trinajstić information content (AvgIpc) is 2.41. The van der Waals surface area contributed by atoms with E-state index in [0.29, 0.717) is 6.42 Å². The summed E-state index contributed by atoms with van der Waals surface area (Å²) < 4.78 is 40.0. The molecule has 0 aliphatic heterocycles. The highest BCUT2D eigenvalue weighted by molar-refractivity contribution is 5.82. The van der Waals surface area contributed by atoms with E-state index in [1.165, 1.54) is 19.3 Å². The molecule has 0 heterocycles. The van der Waals surface area contributed by atoms with Crippen LogP contribution in [0, 0.1) is 23.2 Å². The van der Waals surface area contributed by atoms with Crippen LogP contribution < -0.4 is 10.9 Å². The lowest BCUT2D eigenvalue weighted by atomic mass is 9.49. The number of carbonyl (C=O) groups is 2. The summed E-state index contributed by atoms with van der Waals surface area (Å²) in [4.78, 5) is 23.5. The van der Waals surface area contributed by atoms with Gasteiger partial charge in [0.25, 0.3) is 5.91 Å². The third kappa shape index (κ3) is 4.40. The van der Waals surface area contributed by atoms with Crippen LogP contribution >= 0.6 is 0 Å². The highest BCUT2D eigenvalue weighted by Crippen LogP contribution is 2.61. The van der Waals surface area contributed by atoms with Crippen LogP contribution in [0.3, 0.4) is 0 Å². The minimum Gasteiger partial charge on any atom is -0.362 e. The van der Waals surface area contributed by atoms with Gasteiger partial charge in [-0.15, -0.1) is 0 Å². The molecule has 5 nitrogen and oxygen atoms in total. The fourth-order valence-electron chi connectivity index (χ4n) is 5.33. The van der Waals surface area contributed by atoms with Crippen LogP contribution in [0.4, 0.5) is 13.2 Å². The number of ether oxygens (including phenoxy) is 1. The van der Waals surface area contributed by atoms with Crippen molar-refractivity contribution in [1.29, 1.82) is 0 Å². The molecule has 0 saturated heterocycles. The maximum atomic E-state index is 12.1. The normalized spacial score (nSPS) is 34.2. The number of nitrogens with one attached hydrogen (secondary N) is 2. The lowest BCUT2D eigenvalue weighted by Crippen LogP contribution is -2.50. The molecule has 4 rings (SSSR count). The van der Waals surface area contributed by atoms with Crippen LogP contribution in [0.2, 0.25) is 0 Å². The molecule has 0 unspecified atom stereocenters.